The lowest BCUT2D eigenvalue weighted by atomic mass is 9.93. The number of nitrogens with one attached hydrogen (secondary N) is 1. The van der Waals surface area contributed by atoms with E-state index in [1.807, 2.05) is 0 Å². The van der Waals surface area contributed by atoms with Crippen LogP contribution < -0.4 is 15.8 Å². The molecular formula is C19H19FN4O2S. The Labute approximate surface area is 159 Å². The molecule has 0 atom stereocenters. The minimum absolute atomic E-state index is 0.000475. The average Bonchev–Trinajstić information content (AvgIpc) is 3.05. The first-order valence-electron chi connectivity index (χ1n) is 8.82. The van der Waals surface area contributed by atoms with Crippen LogP contribution in [0.25, 0.3) is 10.2 Å². The molecule has 8 heteroatoms. The SMILES string of the molecule is NC(=O)c1cccnc1OC1CCC(Nc2nc3ccc(F)cc3s2)CC1. The molecule has 140 valence electrons. The molecule has 1 aromatic carbocycles. The molecule has 1 fully saturated rings. The fourth-order valence-electron chi connectivity index (χ4n) is 3.29. The molecule has 1 amide bonds. The Morgan fingerprint density at radius 1 is 1.26 bits per heavy atom. The number of primary amides is 1. The van der Waals surface area contributed by atoms with Crippen LogP contribution in [0.15, 0.2) is 36.5 Å². The van der Waals surface area contributed by atoms with Crippen molar-refractivity contribution in [2.75, 3.05) is 5.32 Å². The number of anilines is 1. The molecule has 3 N–H and O–H groups in total. The van der Waals surface area contributed by atoms with Crippen LogP contribution in [0.5, 0.6) is 5.88 Å². The van der Waals surface area contributed by atoms with E-state index in [9.17, 15) is 9.18 Å². The van der Waals surface area contributed by atoms with Crippen LogP contribution >= 0.6 is 11.3 Å². The number of carbonyl (C=O) groups is 1. The molecule has 3 aromatic rings. The topological polar surface area (TPSA) is 90.1 Å². The number of benzene rings is 1. The van der Waals surface area contributed by atoms with Crippen molar-refractivity contribution in [1.82, 2.24) is 9.97 Å². The number of amides is 1. The zero-order valence-electron chi connectivity index (χ0n) is 14.5. The maximum absolute atomic E-state index is 13.3. The van der Waals surface area contributed by atoms with Crippen LogP contribution in [-0.2, 0) is 0 Å². The number of nitrogens with two attached hydrogens (primary N) is 1. The third-order valence-corrected chi connectivity index (χ3v) is 5.62. The van der Waals surface area contributed by atoms with Crippen molar-refractivity contribution < 1.29 is 13.9 Å². The third-order valence-electron chi connectivity index (χ3n) is 4.67. The molecule has 27 heavy (non-hydrogen) atoms. The van der Waals surface area contributed by atoms with Gasteiger partial charge in [0.15, 0.2) is 5.13 Å². The second-order valence-corrected chi connectivity index (χ2v) is 7.62. The normalized spacial score (nSPS) is 19.7. The number of pyridine rings is 1. The van der Waals surface area contributed by atoms with Crippen molar-refractivity contribution in [3.05, 3.63) is 47.9 Å². The van der Waals surface area contributed by atoms with Gasteiger partial charge in [-0.1, -0.05) is 11.3 Å². The predicted molar refractivity (Wildman–Crippen MR) is 103 cm³/mol. The van der Waals surface area contributed by atoms with Crippen molar-refractivity contribution in [2.24, 2.45) is 5.73 Å². The molecule has 6 nitrogen and oxygen atoms in total. The van der Waals surface area contributed by atoms with Crippen LogP contribution in [0, 0.1) is 5.82 Å². The third kappa shape index (κ3) is 4.00. The maximum Gasteiger partial charge on any atom is 0.254 e. The Bertz CT molecular complexity index is 969. The first kappa shape index (κ1) is 17.7. The van der Waals surface area contributed by atoms with Gasteiger partial charge in [-0.2, -0.15) is 0 Å². The van der Waals surface area contributed by atoms with Gasteiger partial charge in [-0.25, -0.2) is 14.4 Å². The predicted octanol–water partition coefficient (Wildman–Crippen LogP) is 3.73. The molecule has 0 spiro atoms. The highest BCUT2D eigenvalue weighted by molar-refractivity contribution is 7.22. The molecule has 0 bridgehead atoms. The first-order valence-corrected chi connectivity index (χ1v) is 9.64. The Morgan fingerprint density at radius 2 is 2.07 bits per heavy atom. The monoisotopic (exact) mass is 386 g/mol. The summed E-state index contributed by atoms with van der Waals surface area (Å²) in [5.74, 6) is -0.490. The van der Waals surface area contributed by atoms with E-state index in [0.717, 1.165) is 41.0 Å². The van der Waals surface area contributed by atoms with Gasteiger partial charge in [0.05, 0.1) is 10.2 Å². The number of fused-ring (bicyclic) bond motifs is 1. The summed E-state index contributed by atoms with van der Waals surface area (Å²) in [6.45, 7) is 0. The van der Waals surface area contributed by atoms with Gasteiger partial charge in [-0.15, -0.1) is 0 Å². The van der Waals surface area contributed by atoms with Gasteiger partial charge in [0, 0.05) is 12.2 Å². The van der Waals surface area contributed by atoms with Gasteiger partial charge in [0.25, 0.3) is 5.91 Å². The van der Waals surface area contributed by atoms with Crippen molar-refractivity contribution in [3.8, 4) is 5.88 Å². The molecule has 0 unspecified atom stereocenters. The van der Waals surface area contributed by atoms with Crippen LogP contribution in [0.1, 0.15) is 36.0 Å². The van der Waals surface area contributed by atoms with Crippen LogP contribution in [-0.4, -0.2) is 28.0 Å². The minimum Gasteiger partial charge on any atom is -0.474 e. The molecule has 0 radical (unpaired) electrons. The van der Waals surface area contributed by atoms with Crippen molar-refractivity contribution in [2.45, 2.75) is 37.8 Å². The number of ether oxygens (including phenoxy) is 1. The highest BCUT2D eigenvalue weighted by Gasteiger charge is 2.24. The number of halogens is 1. The lowest BCUT2D eigenvalue weighted by Crippen LogP contribution is -2.31. The molecule has 0 saturated heterocycles. The molecule has 0 aliphatic heterocycles. The molecule has 1 aliphatic carbocycles. The smallest absolute Gasteiger partial charge is 0.254 e. The summed E-state index contributed by atoms with van der Waals surface area (Å²) in [5.41, 5.74) is 6.48. The highest BCUT2D eigenvalue weighted by atomic mass is 32.1. The van der Waals surface area contributed by atoms with Crippen LogP contribution in [0.4, 0.5) is 9.52 Å². The van der Waals surface area contributed by atoms with E-state index < -0.39 is 5.91 Å². The Morgan fingerprint density at radius 3 is 2.85 bits per heavy atom. The highest BCUT2D eigenvalue weighted by Crippen LogP contribution is 2.30. The summed E-state index contributed by atoms with van der Waals surface area (Å²) < 4.78 is 20.1. The number of thiazole rings is 1. The van der Waals surface area contributed by atoms with Crippen molar-refractivity contribution in [1.29, 1.82) is 0 Å². The lowest BCUT2D eigenvalue weighted by molar-refractivity contribution is 0.0983. The van der Waals surface area contributed by atoms with Gasteiger partial charge in [0.1, 0.15) is 17.5 Å². The van der Waals surface area contributed by atoms with E-state index in [-0.39, 0.29) is 18.0 Å². The van der Waals surface area contributed by atoms with E-state index in [1.54, 1.807) is 24.4 Å². The summed E-state index contributed by atoms with van der Waals surface area (Å²) in [4.78, 5) is 20.1. The van der Waals surface area contributed by atoms with Crippen molar-refractivity contribution in [3.63, 3.8) is 0 Å². The van der Waals surface area contributed by atoms with Crippen molar-refractivity contribution >= 4 is 32.6 Å². The Hall–Kier alpha value is -2.74. The molecule has 1 aliphatic rings. The summed E-state index contributed by atoms with van der Waals surface area (Å²) in [6, 6.07) is 8.19. The fraction of sp³-hybridized carbons (Fsp3) is 0.316. The van der Waals surface area contributed by atoms with E-state index >= 15 is 0 Å². The van der Waals surface area contributed by atoms with Gasteiger partial charge in [-0.3, -0.25) is 4.79 Å². The number of carbonyl (C=O) groups excluding carboxylic acids is 1. The van der Waals surface area contributed by atoms with E-state index in [0.29, 0.717) is 11.4 Å². The van der Waals surface area contributed by atoms with E-state index in [1.165, 1.54) is 23.5 Å². The van der Waals surface area contributed by atoms with Gasteiger partial charge < -0.3 is 15.8 Å². The number of nitrogens with zero attached hydrogens (tertiary/aromatic N) is 2. The van der Waals surface area contributed by atoms with Gasteiger partial charge in [0.2, 0.25) is 5.88 Å². The minimum atomic E-state index is -0.541. The summed E-state index contributed by atoms with van der Waals surface area (Å²) in [5, 5.41) is 4.25. The lowest BCUT2D eigenvalue weighted by Gasteiger charge is -2.29. The van der Waals surface area contributed by atoms with Gasteiger partial charge >= 0.3 is 0 Å². The fourth-order valence-corrected chi connectivity index (χ4v) is 4.26. The number of rotatable bonds is 5. The van der Waals surface area contributed by atoms with E-state index in [4.69, 9.17) is 10.5 Å². The largest absolute Gasteiger partial charge is 0.474 e. The first-order chi connectivity index (χ1) is 13.1. The molecule has 2 heterocycles. The number of hydrogen-bond acceptors (Lipinski definition) is 6. The molecule has 1 saturated carbocycles. The average molecular weight is 386 g/mol. The maximum atomic E-state index is 13.3. The number of hydrogen-bond donors (Lipinski definition) is 2. The van der Waals surface area contributed by atoms with E-state index in [2.05, 4.69) is 15.3 Å². The quantitative estimate of drug-likeness (QED) is 0.697. The van der Waals surface area contributed by atoms with Crippen LogP contribution in [0.2, 0.25) is 0 Å². The summed E-state index contributed by atoms with van der Waals surface area (Å²) in [6.07, 6.45) is 5.09. The molecular weight excluding hydrogens is 367 g/mol. The Balaban J connectivity index is 1.35. The van der Waals surface area contributed by atoms with Crippen LogP contribution in [0.3, 0.4) is 0 Å². The summed E-state index contributed by atoms with van der Waals surface area (Å²) >= 11 is 1.46. The standard InChI is InChI=1S/C19H19FN4O2S/c20-11-3-8-15-16(10-11)27-19(24-15)23-12-4-6-13(7-5-12)26-18-14(17(21)25)2-1-9-22-18/h1-3,8-10,12-13H,4-7H2,(H2,21,25)(H,23,24). The zero-order valence-corrected chi connectivity index (χ0v) is 15.3. The van der Waals surface area contributed by atoms with Gasteiger partial charge in [-0.05, 0) is 56.0 Å². The second kappa shape index (κ2) is 7.48. The second-order valence-electron chi connectivity index (χ2n) is 6.59. The molecule has 2 aromatic heterocycles. The zero-order chi connectivity index (χ0) is 18.8. The Kier molecular flexibility index (Phi) is 4.89. The summed E-state index contributed by atoms with van der Waals surface area (Å²) in [7, 11) is 0. The molecule has 4 rings (SSSR count). The number of aromatic nitrogens is 2.